The molecule has 9 heteroatoms. The van der Waals surface area contributed by atoms with Gasteiger partial charge in [0.25, 0.3) is 0 Å². The molecule has 0 spiro atoms. The molecule has 2 N–H and O–H groups in total. The van der Waals surface area contributed by atoms with E-state index in [9.17, 15) is 14.4 Å². The van der Waals surface area contributed by atoms with Crippen molar-refractivity contribution in [2.24, 2.45) is 11.8 Å². The molecule has 8 nitrogen and oxygen atoms in total. The first-order chi connectivity index (χ1) is 16.7. The molecule has 0 bridgehead atoms. The van der Waals surface area contributed by atoms with Gasteiger partial charge in [0, 0.05) is 6.42 Å². The van der Waals surface area contributed by atoms with Crippen molar-refractivity contribution in [3.8, 4) is 5.75 Å². The average Bonchev–Trinajstić information content (AvgIpc) is 2.84. The zero-order valence-corrected chi connectivity index (χ0v) is 20.8. The van der Waals surface area contributed by atoms with E-state index in [1.807, 2.05) is 26.0 Å². The second kappa shape index (κ2) is 16.3. The zero-order chi connectivity index (χ0) is 26.2. The molecule has 3 atom stereocenters. The van der Waals surface area contributed by atoms with Gasteiger partial charge in [-0.25, -0.2) is 0 Å². The Morgan fingerprint density at radius 3 is 2.37 bits per heavy atom. The number of amides is 1. The Morgan fingerprint density at radius 2 is 1.83 bits per heavy atom. The molecule has 1 aromatic carbocycles. The molecule has 0 aromatic heterocycles. The number of methoxy groups -OCH3 is 1. The Hall–Kier alpha value is -3.36. The SMILES string of the molecule is C=CCOc1ccc(C[C@H]([B]OC=N)C(=O)N[C@@H](CC(C)C)C(=O)C[C@@H](CC=C)C(=O)OC)cc1. The maximum Gasteiger partial charge on any atom is 0.384 e. The molecule has 35 heavy (non-hydrogen) atoms. The second-order valence-electron chi connectivity index (χ2n) is 8.55. The first kappa shape index (κ1) is 29.7. The van der Waals surface area contributed by atoms with E-state index in [0.29, 0.717) is 31.6 Å². The highest BCUT2D eigenvalue weighted by atomic mass is 16.5. The summed E-state index contributed by atoms with van der Waals surface area (Å²) >= 11 is 0. The van der Waals surface area contributed by atoms with Crippen molar-refractivity contribution in [2.75, 3.05) is 13.7 Å². The number of ketones is 1. The van der Waals surface area contributed by atoms with Crippen LogP contribution in [-0.4, -0.2) is 51.3 Å². The van der Waals surface area contributed by atoms with Crippen LogP contribution in [0.1, 0.15) is 38.7 Å². The van der Waals surface area contributed by atoms with E-state index in [2.05, 4.69) is 18.5 Å². The van der Waals surface area contributed by atoms with Gasteiger partial charge in [-0.15, -0.1) is 6.58 Å². The first-order valence-electron chi connectivity index (χ1n) is 11.6. The summed E-state index contributed by atoms with van der Waals surface area (Å²) in [5, 5.41) is 9.98. The van der Waals surface area contributed by atoms with Crippen LogP contribution in [0.2, 0.25) is 5.82 Å². The summed E-state index contributed by atoms with van der Waals surface area (Å²) in [6.45, 7) is 11.5. The van der Waals surface area contributed by atoms with E-state index in [-0.39, 0.29) is 18.1 Å². The molecule has 0 saturated carbocycles. The highest BCUT2D eigenvalue weighted by molar-refractivity contribution is 6.39. The van der Waals surface area contributed by atoms with Crippen LogP contribution in [0.3, 0.4) is 0 Å². The molecule has 189 valence electrons. The lowest BCUT2D eigenvalue weighted by atomic mass is 9.75. The van der Waals surface area contributed by atoms with Gasteiger partial charge < -0.3 is 19.4 Å². The van der Waals surface area contributed by atoms with Crippen molar-refractivity contribution >= 4 is 31.5 Å². The minimum Gasteiger partial charge on any atom is -0.555 e. The molecular weight excluding hydrogens is 447 g/mol. The van der Waals surface area contributed by atoms with Crippen molar-refractivity contribution in [3.05, 3.63) is 55.1 Å². The maximum absolute atomic E-state index is 13.2. The summed E-state index contributed by atoms with van der Waals surface area (Å²) in [5.41, 5.74) is 0.851. The molecular formula is C26H36BN2O6. The molecule has 1 aromatic rings. The lowest BCUT2D eigenvalue weighted by molar-refractivity contribution is -0.147. The Kier molecular flexibility index (Phi) is 13.8. The van der Waals surface area contributed by atoms with Gasteiger partial charge in [-0.2, -0.15) is 0 Å². The number of esters is 1. The van der Waals surface area contributed by atoms with Gasteiger partial charge in [-0.05, 0) is 42.9 Å². The van der Waals surface area contributed by atoms with E-state index in [0.717, 1.165) is 12.0 Å². The van der Waals surface area contributed by atoms with Crippen LogP contribution in [0.5, 0.6) is 5.75 Å². The summed E-state index contributed by atoms with van der Waals surface area (Å²) in [5.74, 6) is -1.74. The Labute approximate surface area is 208 Å². The van der Waals surface area contributed by atoms with Gasteiger partial charge in [-0.1, -0.05) is 44.7 Å². The Balaban J connectivity index is 2.98. The standard InChI is InChI=1S/C26H36BN2O6/c1-6-8-20(26(32)33-5)16-24(30)23(14-18(3)4)29-25(31)22(27-35-17-28)15-19-9-11-21(12-10-19)34-13-7-2/h6-7,9-12,17-18,20,22-23,28H,1-2,8,13-16H2,3-5H3,(H,29,31)/t20-,22+,23+/m1/s1. The number of ether oxygens (including phenoxy) is 2. The summed E-state index contributed by atoms with van der Waals surface area (Å²) in [4.78, 5) is 38.3. The zero-order valence-electron chi connectivity index (χ0n) is 20.8. The van der Waals surface area contributed by atoms with Crippen LogP contribution in [0.25, 0.3) is 0 Å². The molecule has 1 radical (unpaired) electrons. The van der Waals surface area contributed by atoms with Crippen LogP contribution < -0.4 is 10.1 Å². The van der Waals surface area contributed by atoms with Crippen molar-refractivity contribution in [1.29, 1.82) is 5.41 Å². The van der Waals surface area contributed by atoms with Crippen LogP contribution in [-0.2, 0) is 30.2 Å². The minimum atomic E-state index is -0.773. The van der Waals surface area contributed by atoms with Gasteiger partial charge in [-0.3, -0.25) is 19.8 Å². The van der Waals surface area contributed by atoms with Crippen LogP contribution in [0.4, 0.5) is 0 Å². The number of hydrogen-bond donors (Lipinski definition) is 2. The molecule has 0 saturated heterocycles. The fraction of sp³-hybridized carbons (Fsp3) is 0.462. The summed E-state index contributed by atoms with van der Waals surface area (Å²) in [6, 6.07) is 6.49. The lowest BCUT2D eigenvalue weighted by Gasteiger charge is -2.24. The maximum atomic E-state index is 13.2. The molecule has 0 unspecified atom stereocenters. The van der Waals surface area contributed by atoms with Crippen molar-refractivity contribution < 1.29 is 28.5 Å². The fourth-order valence-electron chi connectivity index (χ4n) is 3.50. The number of carbonyl (C=O) groups excluding carboxylic acids is 3. The number of rotatable bonds is 18. The largest absolute Gasteiger partial charge is 0.555 e. The second-order valence-corrected chi connectivity index (χ2v) is 8.55. The van der Waals surface area contributed by atoms with Gasteiger partial charge in [0.1, 0.15) is 18.8 Å². The van der Waals surface area contributed by atoms with Crippen molar-refractivity contribution in [3.63, 3.8) is 0 Å². The smallest absolute Gasteiger partial charge is 0.384 e. The third-order valence-corrected chi connectivity index (χ3v) is 5.24. The fourth-order valence-corrected chi connectivity index (χ4v) is 3.50. The van der Waals surface area contributed by atoms with E-state index < -0.39 is 29.7 Å². The van der Waals surface area contributed by atoms with Gasteiger partial charge in [0.2, 0.25) is 5.91 Å². The summed E-state index contributed by atoms with van der Waals surface area (Å²) in [6.07, 6.45) is 4.91. The number of hydrogen-bond acceptors (Lipinski definition) is 7. The molecule has 1 amide bonds. The normalized spacial score (nSPS) is 13.0. The summed E-state index contributed by atoms with van der Waals surface area (Å²) < 4.78 is 15.3. The van der Waals surface area contributed by atoms with Crippen molar-refractivity contribution in [1.82, 2.24) is 5.32 Å². The Bertz CT molecular complexity index is 856. The van der Waals surface area contributed by atoms with Crippen LogP contribution >= 0.6 is 0 Å². The van der Waals surface area contributed by atoms with Crippen molar-refractivity contribution in [2.45, 2.75) is 51.4 Å². The van der Waals surface area contributed by atoms with Gasteiger partial charge in [0.05, 0.1) is 24.9 Å². The third kappa shape index (κ3) is 11.1. The number of allylic oxidation sites excluding steroid dienone is 1. The number of carbonyl (C=O) groups is 3. The highest BCUT2D eigenvalue weighted by Gasteiger charge is 2.31. The van der Waals surface area contributed by atoms with E-state index in [1.165, 1.54) is 14.6 Å². The van der Waals surface area contributed by atoms with Crippen LogP contribution in [0.15, 0.2) is 49.6 Å². The molecule has 0 fully saturated rings. The topological polar surface area (TPSA) is 115 Å². The molecule has 0 aliphatic carbocycles. The number of nitrogens with one attached hydrogen (secondary N) is 2. The van der Waals surface area contributed by atoms with E-state index in [4.69, 9.17) is 19.5 Å². The average molecular weight is 483 g/mol. The van der Waals surface area contributed by atoms with Gasteiger partial charge in [0.15, 0.2) is 5.78 Å². The quantitative estimate of drug-likeness (QED) is 0.108. The monoisotopic (exact) mass is 483 g/mol. The number of Topliss-reactive ketones (excluding diaryl/α,β-unsaturated/α-hetero) is 1. The molecule has 0 heterocycles. The lowest BCUT2D eigenvalue weighted by Crippen LogP contribution is -2.45. The third-order valence-electron chi connectivity index (χ3n) is 5.24. The highest BCUT2D eigenvalue weighted by Crippen LogP contribution is 2.20. The molecule has 0 aliphatic heterocycles. The Morgan fingerprint density at radius 1 is 1.14 bits per heavy atom. The predicted octanol–water partition coefficient (Wildman–Crippen LogP) is 3.68. The minimum absolute atomic E-state index is 0.0616. The molecule has 0 aliphatic rings. The predicted molar refractivity (Wildman–Crippen MR) is 137 cm³/mol. The molecule has 1 rings (SSSR count). The number of benzene rings is 1. The summed E-state index contributed by atoms with van der Waals surface area (Å²) in [7, 11) is 2.55. The first-order valence-corrected chi connectivity index (χ1v) is 11.6. The van der Waals surface area contributed by atoms with E-state index >= 15 is 0 Å². The van der Waals surface area contributed by atoms with Gasteiger partial charge >= 0.3 is 13.5 Å². The van der Waals surface area contributed by atoms with Crippen LogP contribution in [0, 0.1) is 17.2 Å². The van der Waals surface area contributed by atoms with E-state index in [1.54, 1.807) is 24.3 Å².